The third kappa shape index (κ3) is 4.55. The lowest BCUT2D eigenvalue weighted by Gasteiger charge is -2.12. The zero-order valence-electron chi connectivity index (χ0n) is 21.0. The summed E-state index contributed by atoms with van der Waals surface area (Å²) in [5.41, 5.74) is 3.95. The first-order valence-electron chi connectivity index (χ1n) is 12.3. The van der Waals surface area contributed by atoms with Crippen molar-refractivity contribution in [3.63, 3.8) is 0 Å². The van der Waals surface area contributed by atoms with Gasteiger partial charge in [-0.15, -0.1) is 0 Å². The van der Waals surface area contributed by atoms with Gasteiger partial charge in [0, 0.05) is 22.7 Å². The first kappa shape index (κ1) is 23.3. The number of fused-ring (bicyclic) bond motifs is 1. The molecule has 2 heterocycles. The third-order valence-electron chi connectivity index (χ3n) is 6.30. The molecule has 0 radical (unpaired) electrons. The fourth-order valence-corrected chi connectivity index (χ4v) is 4.46. The van der Waals surface area contributed by atoms with E-state index in [-0.39, 0.29) is 5.75 Å². The van der Waals surface area contributed by atoms with Gasteiger partial charge in [-0.25, -0.2) is 19.9 Å². The summed E-state index contributed by atoms with van der Waals surface area (Å²) in [5.74, 6) is 2.70. The molecule has 0 spiro atoms. The van der Waals surface area contributed by atoms with Gasteiger partial charge in [0.2, 0.25) is 5.88 Å². The predicted molar refractivity (Wildman–Crippen MR) is 149 cm³/mol. The summed E-state index contributed by atoms with van der Waals surface area (Å²) in [6, 6.07) is 31.1. The number of aromatic nitrogens is 4. The highest BCUT2D eigenvalue weighted by molar-refractivity contribution is 5.86. The summed E-state index contributed by atoms with van der Waals surface area (Å²) in [6.45, 7) is 3.85. The van der Waals surface area contributed by atoms with E-state index in [9.17, 15) is 5.11 Å². The number of phenolic OH excluding ortho intramolecular Hbond substituents is 1. The minimum absolute atomic E-state index is 0.158. The van der Waals surface area contributed by atoms with E-state index in [0.717, 1.165) is 33.0 Å². The smallest absolute Gasteiger partial charge is 0.227 e. The molecule has 6 nitrogen and oxygen atoms in total. The molecule has 0 aliphatic heterocycles. The molecule has 38 heavy (non-hydrogen) atoms. The maximum atomic E-state index is 10.9. The van der Waals surface area contributed by atoms with Crippen LogP contribution in [-0.4, -0.2) is 25.0 Å². The number of aryl methyl sites for hydroxylation is 2. The van der Waals surface area contributed by atoms with Gasteiger partial charge in [0.05, 0.1) is 5.56 Å². The monoisotopic (exact) mass is 496 g/mol. The van der Waals surface area contributed by atoms with Crippen LogP contribution in [0.4, 0.5) is 0 Å². The molecule has 4 aromatic carbocycles. The molecule has 2 aromatic heterocycles. The van der Waals surface area contributed by atoms with E-state index in [1.54, 1.807) is 6.20 Å². The summed E-state index contributed by atoms with van der Waals surface area (Å²) in [4.78, 5) is 18.8. The molecule has 6 heteroatoms. The van der Waals surface area contributed by atoms with Gasteiger partial charge in [0.1, 0.15) is 11.5 Å². The second kappa shape index (κ2) is 9.75. The highest BCUT2D eigenvalue weighted by atomic mass is 16.5. The lowest BCUT2D eigenvalue weighted by atomic mass is 10.0. The second-order valence-corrected chi connectivity index (χ2v) is 9.12. The number of ether oxygens (including phenoxy) is 1. The molecule has 0 aliphatic carbocycles. The van der Waals surface area contributed by atoms with E-state index in [2.05, 4.69) is 4.98 Å². The zero-order valence-corrected chi connectivity index (χ0v) is 21.0. The van der Waals surface area contributed by atoms with E-state index in [1.165, 1.54) is 0 Å². The molecular weight excluding hydrogens is 472 g/mol. The van der Waals surface area contributed by atoms with Crippen LogP contribution in [0.15, 0.2) is 103 Å². The minimum atomic E-state index is 0.158. The van der Waals surface area contributed by atoms with Crippen LogP contribution in [-0.2, 0) is 0 Å². The van der Waals surface area contributed by atoms with Gasteiger partial charge in [0.25, 0.3) is 0 Å². The summed E-state index contributed by atoms with van der Waals surface area (Å²) in [6.07, 6.45) is 1.74. The zero-order chi connectivity index (χ0) is 26.1. The Hall–Kier alpha value is -5.10. The van der Waals surface area contributed by atoms with E-state index in [4.69, 9.17) is 19.7 Å². The second-order valence-electron chi connectivity index (χ2n) is 9.12. The Kier molecular flexibility index (Phi) is 5.98. The van der Waals surface area contributed by atoms with Gasteiger partial charge in [-0.05, 0) is 60.7 Å². The van der Waals surface area contributed by atoms with Gasteiger partial charge < -0.3 is 9.84 Å². The highest BCUT2D eigenvalue weighted by Crippen LogP contribution is 2.34. The van der Waals surface area contributed by atoms with Crippen molar-refractivity contribution < 1.29 is 9.84 Å². The quantitative estimate of drug-likeness (QED) is 0.266. The van der Waals surface area contributed by atoms with Gasteiger partial charge in [-0.1, -0.05) is 66.7 Å². The maximum Gasteiger partial charge on any atom is 0.227 e. The Labute approximate surface area is 220 Å². The SMILES string of the molecule is Cc1cc(C)c(O)c(-c2nc(-c3ccccc3)nc(-c3cccc(Oc4nccc5ccccc45)c3)n2)c1. The molecule has 0 saturated carbocycles. The Morgan fingerprint density at radius 2 is 1.37 bits per heavy atom. The Morgan fingerprint density at radius 3 is 2.21 bits per heavy atom. The summed E-state index contributed by atoms with van der Waals surface area (Å²) < 4.78 is 6.21. The Morgan fingerprint density at radius 1 is 0.658 bits per heavy atom. The van der Waals surface area contributed by atoms with Crippen LogP contribution in [0.25, 0.3) is 44.9 Å². The molecule has 0 saturated heterocycles. The molecule has 0 fully saturated rings. The number of hydrogen-bond donors (Lipinski definition) is 1. The van der Waals surface area contributed by atoms with Gasteiger partial charge >= 0.3 is 0 Å². The topological polar surface area (TPSA) is 81.0 Å². The van der Waals surface area contributed by atoms with Crippen molar-refractivity contribution in [3.8, 4) is 51.5 Å². The number of pyridine rings is 1. The molecule has 0 atom stereocenters. The molecule has 0 unspecified atom stereocenters. The Balaban J connectivity index is 1.47. The van der Waals surface area contributed by atoms with E-state index in [0.29, 0.717) is 34.7 Å². The van der Waals surface area contributed by atoms with E-state index >= 15 is 0 Å². The molecule has 6 aromatic rings. The molecule has 184 valence electrons. The first-order valence-corrected chi connectivity index (χ1v) is 12.3. The van der Waals surface area contributed by atoms with Gasteiger partial charge in [0.15, 0.2) is 17.5 Å². The van der Waals surface area contributed by atoms with Crippen molar-refractivity contribution in [2.24, 2.45) is 0 Å². The molecular formula is C32H24N4O2. The molecule has 0 bridgehead atoms. The average Bonchev–Trinajstić information content (AvgIpc) is 2.95. The van der Waals surface area contributed by atoms with Crippen molar-refractivity contribution in [2.75, 3.05) is 0 Å². The van der Waals surface area contributed by atoms with Crippen LogP contribution >= 0.6 is 0 Å². The number of phenols is 1. The fourth-order valence-electron chi connectivity index (χ4n) is 4.46. The summed E-state index contributed by atoms with van der Waals surface area (Å²) in [7, 11) is 0. The number of aromatic hydroxyl groups is 1. The number of benzene rings is 4. The van der Waals surface area contributed by atoms with Gasteiger partial charge in [-0.3, -0.25) is 0 Å². The van der Waals surface area contributed by atoms with Gasteiger partial charge in [-0.2, -0.15) is 0 Å². The molecule has 0 aliphatic rings. The molecule has 6 rings (SSSR count). The lowest BCUT2D eigenvalue weighted by molar-refractivity contribution is 0.469. The Bertz CT molecular complexity index is 1780. The maximum absolute atomic E-state index is 10.9. The minimum Gasteiger partial charge on any atom is -0.507 e. The summed E-state index contributed by atoms with van der Waals surface area (Å²) >= 11 is 0. The predicted octanol–water partition coefficient (Wildman–Crippen LogP) is 7.54. The van der Waals surface area contributed by atoms with Crippen LogP contribution < -0.4 is 4.74 Å². The largest absolute Gasteiger partial charge is 0.507 e. The van der Waals surface area contributed by atoms with Crippen molar-refractivity contribution >= 4 is 10.8 Å². The highest BCUT2D eigenvalue weighted by Gasteiger charge is 2.17. The number of hydrogen-bond acceptors (Lipinski definition) is 6. The third-order valence-corrected chi connectivity index (χ3v) is 6.30. The molecule has 1 N–H and O–H groups in total. The molecule has 0 amide bonds. The van der Waals surface area contributed by atoms with Crippen LogP contribution in [0, 0.1) is 13.8 Å². The number of rotatable bonds is 5. The van der Waals surface area contributed by atoms with Crippen LogP contribution in [0.5, 0.6) is 17.4 Å². The van der Waals surface area contributed by atoms with E-state index < -0.39 is 0 Å². The summed E-state index contributed by atoms with van der Waals surface area (Å²) in [5, 5.41) is 12.8. The van der Waals surface area contributed by atoms with Crippen LogP contribution in [0.1, 0.15) is 11.1 Å². The van der Waals surface area contributed by atoms with E-state index in [1.807, 2.05) is 111 Å². The standard InChI is InChI=1S/C32H24N4O2/c1-20-17-21(2)28(37)27(18-20)31-35-29(23-10-4-3-5-11-23)34-30(36-31)24-12-8-13-25(19-24)38-32-26-14-7-6-9-22(26)15-16-33-32/h3-19,37H,1-2H3. The lowest BCUT2D eigenvalue weighted by Crippen LogP contribution is -2.01. The van der Waals surface area contributed by atoms with Crippen molar-refractivity contribution in [1.82, 2.24) is 19.9 Å². The van der Waals surface area contributed by atoms with Crippen LogP contribution in [0.3, 0.4) is 0 Å². The first-order chi connectivity index (χ1) is 18.5. The van der Waals surface area contributed by atoms with Crippen LogP contribution in [0.2, 0.25) is 0 Å². The average molecular weight is 497 g/mol. The number of nitrogens with zero attached hydrogens (tertiary/aromatic N) is 4. The normalized spacial score (nSPS) is 11.0. The van der Waals surface area contributed by atoms with Crippen molar-refractivity contribution in [2.45, 2.75) is 13.8 Å². The van der Waals surface area contributed by atoms with Crippen molar-refractivity contribution in [3.05, 3.63) is 114 Å². The fraction of sp³-hybridized carbons (Fsp3) is 0.0625. The van der Waals surface area contributed by atoms with Crippen molar-refractivity contribution in [1.29, 1.82) is 0 Å².